The van der Waals surface area contributed by atoms with E-state index in [1.807, 2.05) is 18.2 Å². The smallest absolute Gasteiger partial charge is 0.260 e. The first-order chi connectivity index (χ1) is 11.2. The molecule has 23 heavy (non-hydrogen) atoms. The molecule has 1 atom stereocenters. The Morgan fingerprint density at radius 1 is 1.26 bits per heavy atom. The molecule has 0 unspecified atom stereocenters. The number of carbonyl (C=O) groups excluding carboxylic acids is 1. The van der Waals surface area contributed by atoms with Gasteiger partial charge in [-0.15, -0.1) is 0 Å². The van der Waals surface area contributed by atoms with E-state index in [0.717, 1.165) is 18.7 Å². The van der Waals surface area contributed by atoms with E-state index < -0.39 is 6.10 Å². The van der Waals surface area contributed by atoms with Crippen LogP contribution < -0.4 is 14.8 Å². The number of nitrogens with one attached hydrogen (secondary N) is 1. The Bertz CT molecular complexity index is 487. The molecule has 1 fully saturated rings. The molecule has 0 spiro atoms. The third-order valence-corrected chi connectivity index (χ3v) is 4.12. The quantitative estimate of drug-likeness (QED) is 0.748. The fraction of sp³-hybridized carbons (Fsp3) is 0.611. The van der Waals surface area contributed by atoms with E-state index in [9.17, 15) is 4.79 Å². The van der Waals surface area contributed by atoms with Gasteiger partial charge in [-0.2, -0.15) is 0 Å². The van der Waals surface area contributed by atoms with Gasteiger partial charge in [0, 0.05) is 12.6 Å². The van der Waals surface area contributed by atoms with Gasteiger partial charge in [0.1, 0.15) is 11.5 Å². The molecule has 1 aromatic carbocycles. The van der Waals surface area contributed by atoms with E-state index in [1.165, 1.54) is 32.4 Å². The Hall–Kier alpha value is -1.75. The summed E-state index contributed by atoms with van der Waals surface area (Å²) < 4.78 is 10.8. The minimum absolute atomic E-state index is 0.0773. The molecule has 1 aliphatic rings. The molecule has 5 heteroatoms. The molecule has 5 nitrogen and oxygen atoms in total. The van der Waals surface area contributed by atoms with Crippen molar-refractivity contribution in [3.05, 3.63) is 24.3 Å². The molecular formula is C18H28N2O3. The van der Waals surface area contributed by atoms with Crippen LogP contribution in [0.2, 0.25) is 0 Å². The highest BCUT2D eigenvalue weighted by Crippen LogP contribution is 2.19. The molecule has 1 heterocycles. The first kappa shape index (κ1) is 17.6. The van der Waals surface area contributed by atoms with Gasteiger partial charge in [0.25, 0.3) is 5.91 Å². The van der Waals surface area contributed by atoms with E-state index in [1.54, 1.807) is 20.1 Å². The second-order valence-electron chi connectivity index (χ2n) is 5.99. The van der Waals surface area contributed by atoms with Gasteiger partial charge in [0.05, 0.1) is 7.11 Å². The maximum atomic E-state index is 12.1. The van der Waals surface area contributed by atoms with E-state index in [-0.39, 0.29) is 5.91 Å². The molecule has 2 rings (SSSR count). The molecule has 0 bridgehead atoms. The predicted octanol–water partition coefficient (Wildman–Crippen LogP) is 2.45. The van der Waals surface area contributed by atoms with Crippen molar-refractivity contribution in [3.63, 3.8) is 0 Å². The number of hydrogen-bond acceptors (Lipinski definition) is 4. The highest BCUT2D eigenvalue weighted by atomic mass is 16.5. The van der Waals surface area contributed by atoms with Gasteiger partial charge >= 0.3 is 0 Å². The first-order valence-electron chi connectivity index (χ1n) is 8.50. The van der Waals surface area contributed by atoms with Gasteiger partial charge < -0.3 is 19.7 Å². The second-order valence-corrected chi connectivity index (χ2v) is 5.99. The largest absolute Gasteiger partial charge is 0.497 e. The van der Waals surface area contributed by atoms with Gasteiger partial charge in [-0.05, 0) is 58.0 Å². The van der Waals surface area contributed by atoms with Gasteiger partial charge in [-0.1, -0.05) is 12.5 Å². The highest BCUT2D eigenvalue weighted by molar-refractivity contribution is 5.80. The van der Waals surface area contributed by atoms with Crippen molar-refractivity contribution in [1.29, 1.82) is 0 Å². The van der Waals surface area contributed by atoms with Gasteiger partial charge in [-0.25, -0.2) is 0 Å². The van der Waals surface area contributed by atoms with Gasteiger partial charge in [0.15, 0.2) is 6.10 Å². The molecule has 1 saturated heterocycles. The normalized spacial score (nSPS) is 16.6. The molecule has 1 aliphatic heterocycles. The summed E-state index contributed by atoms with van der Waals surface area (Å²) in [5.41, 5.74) is 0. The highest BCUT2D eigenvalue weighted by Gasteiger charge is 2.15. The minimum atomic E-state index is -0.517. The SMILES string of the molecule is COc1cccc(O[C@@H](C)C(=O)NCCCN2CCCCC2)c1. The number of ether oxygens (including phenoxy) is 2. The summed E-state index contributed by atoms with van der Waals surface area (Å²) in [5.74, 6) is 1.28. The van der Waals surface area contributed by atoms with Crippen LogP contribution in [-0.4, -0.2) is 50.2 Å². The third kappa shape index (κ3) is 6.10. The Balaban J connectivity index is 1.65. The molecule has 0 radical (unpaired) electrons. The zero-order valence-corrected chi connectivity index (χ0v) is 14.2. The lowest BCUT2D eigenvalue weighted by atomic mass is 10.1. The molecule has 1 N–H and O–H groups in total. The fourth-order valence-corrected chi connectivity index (χ4v) is 2.77. The second kappa shape index (κ2) is 9.40. The Kier molecular flexibility index (Phi) is 7.20. The van der Waals surface area contributed by atoms with Crippen molar-refractivity contribution in [2.24, 2.45) is 0 Å². The Labute approximate surface area is 139 Å². The first-order valence-corrected chi connectivity index (χ1v) is 8.50. The zero-order chi connectivity index (χ0) is 16.5. The Morgan fingerprint density at radius 3 is 2.74 bits per heavy atom. The number of nitrogens with zero attached hydrogens (tertiary/aromatic N) is 1. The van der Waals surface area contributed by atoms with Crippen molar-refractivity contribution >= 4 is 5.91 Å². The monoisotopic (exact) mass is 320 g/mol. The number of amides is 1. The van der Waals surface area contributed by atoms with Crippen LogP contribution in [0.15, 0.2) is 24.3 Å². The van der Waals surface area contributed by atoms with Crippen LogP contribution in [-0.2, 0) is 4.79 Å². The maximum Gasteiger partial charge on any atom is 0.260 e. The topological polar surface area (TPSA) is 50.8 Å². The van der Waals surface area contributed by atoms with Gasteiger partial charge in [-0.3, -0.25) is 4.79 Å². The van der Waals surface area contributed by atoms with E-state index in [4.69, 9.17) is 9.47 Å². The zero-order valence-electron chi connectivity index (χ0n) is 14.2. The summed E-state index contributed by atoms with van der Waals surface area (Å²) >= 11 is 0. The van der Waals surface area contributed by atoms with Crippen LogP contribution in [0.4, 0.5) is 0 Å². The molecule has 0 saturated carbocycles. The fourth-order valence-electron chi connectivity index (χ4n) is 2.77. The number of piperidine rings is 1. The minimum Gasteiger partial charge on any atom is -0.497 e. The number of carbonyl (C=O) groups is 1. The number of methoxy groups -OCH3 is 1. The van der Waals surface area contributed by atoms with Crippen LogP contribution >= 0.6 is 0 Å². The number of likely N-dealkylation sites (tertiary alicyclic amines) is 1. The van der Waals surface area contributed by atoms with Crippen molar-refractivity contribution < 1.29 is 14.3 Å². The third-order valence-electron chi connectivity index (χ3n) is 4.12. The van der Waals surface area contributed by atoms with Crippen molar-refractivity contribution in [2.75, 3.05) is 33.3 Å². The molecule has 1 amide bonds. The van der Waals surface area contributed by atoms with E-state index in [0.29, 0.717) is 12.3 Å². The summed E-state index contributed by atoms with van der Waals surface area (Å²) in [6, 6.07) is 7.29. The summed E-state index contributed by atoms with van der Waals surface area (Å²) in [4.78, 5) is 14.6. The predicted molar refractivity (Wildman–Crippen MR) is 91.0 cm³/mol. The van der Waals surface area contributed by atoms with Crippen molar-refractivity contribution in [2.45, 2.75) is 38.7 Å². The number of rotatable bonds is 8. The number of benzene rings is 1. The molecule has 128 valence electrons. The van der Waals surface area contributed by atoms with Crippen LogP contribution in [0.5, 0.6) is 11.5 Å². The van der Waals surface area contributed by atoms with Crippen LogP contribution in [0.25, 0.3) is 0 Å². The molecule has 0 aromatic heterocycles. The lowest BCUT2D eigenvalue weighted by Crippen LogP contribution is -2.38. The average molecular weight is 320 g/mol. The summed E-state index contributed by atoms with van der Waals surface area (Å²) in [7, 11) is 1.61. The standard InChI is InChI=1S/C18H28N2O3/c1-15(23-17-9-6-8-16(14-17)22-2)18(21)19-10-7-13-20-11-4-3-5-12-20/h6,8-9,14-15H,3-5,7,10-13H2,1-2H3,(H,19,21)/t15-/m0/s1. The average Bonchev–Trinajstić information content (AvgIpc) is 2.59. The van der Waals surface area contributed by atoms with E-state index in [2.05, 4.69) is 10.2 Å². The molecule has 0 aliphatic carbocycles. The Morgan fingerprint density at radius 2 is 2.00 bits per heavy atom. The van der Waals surface area contributed by atoms with Crippen molar-refractivity contribution in [1.82, 2.24) is 10.2 Å². The van der Waals surface area contributed by atoms with E-state index >= 15 is 0 Å². The van der Waals surface area contributed by atoms with Crippen LogP contribution in [0.1, 0.15) is 32.6 Å². The summed E-state index contributed by atoms with van der Waals surface area (Å²) in [5, 5.41) is 2.95. The van der Waals surface area contributed by atoms with Gasteiger partial charge in [0.2, 0.25) is 0 Å². The molecule has 1 aromatic rings. The number of hydrogen-bond donors (Lipinski definition) is 1. The maximum absolute atomic E-state index is 12.1. The van der Waals surface area contributed by atoms with Crippen molar-refractivity contribution in [3.8, 4) is 11.5 Å². The molecular weight excluding hydrogens is 292 g/mol. The summed E-state index contributed by atoms with van der Waals surface area (Å²) in [6.45, 7) is 5.92. The lowest BCUT2D eigenvalue weighted by Gasteiger charge is -2.26. The van der Waals surface area contributed by atoms with Crippen LogP contribution in [0.3, 0.4) is 0 Å². The summed E-state index contributed by atoms with van der Waals surface area (Å²) in [6.07, 6.45) is 4.43. The lowest BCUT2D eigenvalue weighted by molar-refractivity contribution is -0.127. The van der Waals surface area contributed by atoms with Crippen LogP contribution in [0, 0.1) is 0 Å².